The summed E-state index contributed by atoms with van der Waals surface area (Å²) in [6, 6.07) is 9.80. The first-order valence-electron chi connectivity index (χ1n) is 5.94. The molecule has 0 saturated carbocycles. The molecule has 0 saturated heterocycles. The van der Waals surface area contributed by atoms with E-state index >= 15 is 0 Å². The van der Waals surface area contributed by atoms with Crippen molar-refractivity contribution in [1.29, 1.82) is 0 Å². The highest BCUT2D eigenvalue weighted by Gasteiger charge is 2.08. The van der Waals surface area contributed by atoms with Gasteiger partial charge in [0, 0.05) is 22.0 Å². The number of para-hydroxylation sites is 1. The van der Waals surface area contributed by atoms with Gasteiger partial charge in [-0.25, -0.2) is 9.97 Å². The van der Waals surface area contributed by atoms with Gasteiger partial charge in [-0.2, -0.15) is 0 Å². The van der Waals surface area contributed by atoms with E-state index < -0.39 is 0 Å². The summed E-state index contributed by atoms with van der Waals surface area (Å²) in [5, 5.41) is 0.761. The highest BCUT2D eigenvalue weighted by molar-refractivity contribution is 7.99. The van der Waals surface area contributed by atoms with Crippen molar-refractivity contribution >= 4 is 17.4 Å². The van der Waals surface area contributed by atoms with Crippen LogP contribution in [0.4, 0.5) is 5.69 Å². The minimum Gasteiger partial charge on any atom is -0.398 e. The van der Waals surface area contributed by atoms with Crippen LogP contribution in [0.1, 0.15) is 31.2 Å². The van der Waals surface area contributed by atoms with E-state index in [0.717, 1.165) is 27.1 Å². The number of benzene rings is 1. The monoisotopic (exact) mass is 259 g/mol. The average Bonchev–Trinajstić information content (AvgIpc) is 2.31. The van der Waals surface area contributed by atoms with E-state index in [1.807, 2.05) is 37.3 Å². The second-order valence-electron chi connectivity index (χ2n) is 4.51. The molecular weight excluding hydrogens is 242 g/mol. The Morgan fingerprint density at radius 2 is 1.89 bits per heavy atom. The summed E-state index contributed by atoms with van der Waals surface area (Å²) < 4.78 is 0. The van der Waals surface area contributed by atoms with Gasteiger partial charge in [0.05, 0.1) is 0 Å². The molecule has 4 heteroatoms. The molecule has 1 aromatic carbocycles. The molecule has 3 nitrogen and oxygen atoms in total. The lowest BCUT2D eigenvalue weighted by Gasteiger charge is -2.09. The zero-order chi connectivity index (χ0) is 13.1. The quantitative estimate of drug-likeness (QED) is 0.675. The molecule has 0 fully saturated rings. The Hall–Kier alpha value is -1.55. The molecule has 94 valence electrons. The lowest BCUT2D eigenvalue weighted by Crippen LogP contribution is -1.99. The van der Waals surface area contributed by atoms with Crippen LogP contribution in [0.5, 0.6) is 0 Å². The van der Waals surface area contributed by atoms with Crippen molar-refractivity contribution in [1.82, 2.24) is 9.97 Å². The fourth-order valence-corrected chi connectivity index (χ4v) is 2.45. The summed E-state index contributed by atoms with van der Waals surface area (Å²) >= 11 is 1.51. The van der Waals surface area contributed by atoms with Gasteiger partial charge in [-0.1, -0.05) is 26.0 Å². The summed E-state index contributed by atoms with van der Waals surface area (Å²) in [5.41, 5.74) is 8.75. The molecule has 1 heterocycles. The average molecular weight is 259 g/mol. The maximum atomic E-state index is 5.93. The number of rotatable bonds is 3. The smallest absolute Gasteiger partial charge is 0.192 e. The van der Waals surface area contributed by atoms with E-state index in [2.05, 4.69) is 23.8 Å². The Morgan fingerprint density at radius 3 is 2.56 bits per heavy atom. The maximum absolute atomic E-state index is 5.93. The lowest BCUT2D eigenvalue weighted by molar-refractivity contribution is 0.769. The normalized spacial score (nSPS) is 10.9. The molecule has 0 aliphatic rings. The number of nitrogens with two attached hydrogens (primary N) is 1. The molecule has 0 spiro atoms. The molecule has 0 radical (unpaired) electrons. The molecule has 18 heavy (non-hydrogen) atoms. The van der Waals surface area contributed by atoms with E-state index in [1.54, 1.807) is 0 Å². The first-order valence-corrected chi connectivity index (χ1v) is 6.76. The minimum absolute atomic E-state index is 0.402. The van der Waals surface area contributed by atoms with Crippen molar-refractivity contribution in [3.05, 3.63) is 41.7 Å². The SMILES string of the molecule is Cc1cc(C(C)C)nc(Sc2ccccc2N)n1. The fourth-order valence-electron chi connectivity index (χ4n) is 1.58. The van der Waals surface area contributed by atoms with E-state index in [9.17, 15) is 0 Å². The Labute approximate surface area is 112 Å². The third-order valence-electron chi connectivity index (χ3n) is 2.57. The third-order valence-corrected chi connectivity index (χ3v) is 3.52. The number of anilines is 1. The maximum Gasteiger partial charge on any atom is 0.192 e. The molecule has 2 N–H and O–H groups in total. The van der Waals surface area contributed by atoms with Crippen LogP contribution in [-0.4, -0.2) is 9.97 Å². The number of hydrogen-bond donors (Lipinski definition) is 1. The Kier molecular flexibility index (Phi) is 3.87. The fraction of sp³-hybridized carbons (Fsp3) is 0.286. The number of hydrogen-bond acceptors (Lipinski definition) is 4. The van der Waals surface area contributed by atoms with Gasteiger partial charge in [0.1, 0.15) is 0 Å². The van der Waals surface area contributed by atoms with Crippen molar-refractivity contribution in [2.45, 2.75) is 36.7 Å². The molecule has 0 aliphatic heterocycles. The van der Waals surface area contributed by atoms with Gasteiger partial charge in [-0.05, 0) is 42.8 Å². The van der Waals surface area contributed by atoms with E-state index in [0.29, 0.717) is 5.92 Å². The molecule has 0 aliphatic carbocycles. The highest BCUT2D eigenvalue weighted by Crippen LogP contribution is 2.30. The van der Waals surface area contributed by atoms with E-state index in [1.165, 1.54) is 11.8 Å². The van der Waals surface area contributed by atoms with Gasteiger partial charge in [-0.3, -0.25) is 0 Å². The third kappa shape index (κ3) is 3.01. The number of nitrogens with zero attached hydrogens (tertiary/aromatic N) is 2. The predicted octanol–water partition coefficient (Wildman–Crippen LogP) is 3.64. The molecule has 2 aromatic rings. The van der Waals surface area contributed by atoms with Crippen LogP contribution < -0.4 is 5.73 Å². The lowest BCUT2D eigenvalue weighted by atomic mass is 10.1. The largest absolute Gasteiger partial charge is 0.398 e. The molecule has 0 unspecified atom stereocenters. The van der Waals surface area contributed by atoms with Crippen LogP contribution in [0, 0.1) is 6.92 Å². The van der Waals surface area contributed by atoms with Gasteiger partial charge < -0.3 is 5.73 Å². The van der Waals surface area contributed by atoms with Crippen LogP contribution in [0.15, 0.2) is 40.4 Å². The topological polar surface area (TPSA) is 51.8 Å². The highest BCUT2D eigenvalue weighted by atomic mass is 32.2. The van der Waals surface area contributed by atoms with Gasteiger partial charge in [0.2, 0.25) is 0 Å². The number of aromatic nitrogens is 2. The number of nitrogen functional groups attached to an aromatic ring is 1. The summed E-state index contributed by atoms with van der Waals surface area (Å²) in [5.74, 6) is 0.402. The minimum atomic E-state index is 0.402. The van der Waals surface area contributed by atoms with Crippen LogP contribution in [0.2, 0.25) is 0 Å². The van der Waals surface area contributed by atoms with Gasteiger partial charge in [-0.15, -0.1) is 0 Å². The Balaban J connectivity index is 2.32. The molecule has 2 rings (SSSR count). The molecule has 0 atom stereocenters. The van der Waals surface area contributed by atoms with Crippen LogP contribution in [0.3, 0.4) is 0 Å². The molecular formula is C14H17N3S. The Morgan fingerprint density at radius 1 is 1.17 bits per heavy atom. The summed E-state index contributed by atoms with van der Waals surface area (Å²) in [4.78, 5) is 10.0. The predicted molar refractivity (Wildman–Crippen MR) is 75.8 cm³/mol. The van der Waals surface area contributed by atoms with Gasteiger partial charge >= 0.3 is 0 Å². The first-order chi connectivity index (χ1) is 8.56. The van der Waals surface area contributed by atoms with Crippen LogP contribution >= 0.6 is 11.8 Å². The second-order valence-corrected chi connectivity index (χ2v) is 5.52. The van der Waals surface area contributed by atoms with E-state index in [4.69, 9.17) is 5.73 Å². The van der Waals surface area contributed by atoms with Gasteiger partial charge in [0.25, 0.3) is 0 Å². The van der Waals surface area contributed by atoms with Gasteiger partial charge in [0.15, 0.2) is 5.16 Å². The first kappa shape index (κ1) is 12.9. The van der Waals surface area contributed by atoms with Crippen molar-refractivity contribution in [3.8, 4) is 0 Å². The zero-order valence-electron chi connectivity index (χ0n) is 10.8. The molecule has 0 bridgehead atoms. The zero-order valence-corrected chi connectivity index (χ0v) is 11.7. The number of aryl methyl sites for hydroxylation is 1. The summed E-state index contributed by atoms with van der Waals surface area (Å²) in [7, 11) is 0. The Bertz CT molecular complexity index is 552. The summed E-state index contributed by atoms with van der Waals surface area (Å²) in [6.45, 7) is 6.26. The molecule has 0 amide bonds. The second kappa shape index (κ2) is 5.40. The van der Waals surface area contributed by atoms with Crippen LogP contribution in [0.25, 0.3) is 0 Å². The van der Waals surface area contributed by atoms with Crippen molar-refractivity contribution in [2.24, 2.45) is 0 Å². The van der Waals surface area contributed by atoms with E-state index in [-0.39, 0.29) is 0 Å². The summed E-state index contributed by atoms with van der Waals surface area (Å²) in [6.07, 6.45) is 0. The van der Waals surface area contributed by atoms with Crippen LogP contribution in [-0.2, 0) is 0 Å². The van der Waals surface area contributed by atoms with Crippen molar-refractivity contribution in [2.75, 3.05) is 5.73 Å². The van der Waals surface area contributed by atoms with Crippen molar-refractivity contribution in [3.63, 3.8) is 0 Å². The standard InChI is InChI=1S/C14H17N3S/c1-9(2)12-8-10(3)16-14(17-12)18-13-7-5-4-6-11(13)15/h4-9H,15H2,1-3H3. The molecule has 1 aromatic heterocycles. The van der Waals surface area contributed by atoms with Crippen molar-refractivity contribution < 1.29 is 0 Å².